The number of carboxylic acid groups (broad SMARTS) is 1. The first kappa shape index (κ1) is 22.9. The molecule has 1 aliphatic rings. The number of amides is 1. The number of hydrogen-bond donors (Lipinski definition) is 2. The van der Waals surface area contributed by atoms with Gasteiger partial charge in [-0.15, -0.1) is 11.3 Å². The molecule has 35 heavy (non-hydrogen) atoms. The van der Waals surface area contributed by atoms with Crippen LogP contribution in [0.4, 0.5) is 9.80 Å². The molecule has 5 nitrogen and oxygen atoms in total. The Morgan fingerprint density at radius 3 is 2.14 bits per heavy atom. The van der Waals surface area contributed by atoms with Gasteiger partial charge in [-0.3, -0.25) is 5.32 Å². The highest BCUT2D eigenvalue weighted by atomic mass is 32.1. The topological polar surface area (TPSA) is 75.6 Å². The van der Waals surface area contributed by atoms with E-state index >= 15 is 0 Å². The van der Waals surface area contributed by atoms with Crippen LogP contribution in [0.15, 0.2) is 66.7 Å². The van der Waals surface area contributed by atoms with Crippen molar-refractivity contribution in [3.05, 3.63) is 99.4 Å². The fourth-order valence-corrected chi connectivity index (χ4v) is 5.86. The van der Waals surface area contributed by atoms with Crippen molar-refractivity contribution >= 4 is 28.4 Å². The number of benzene rings is 3. The summed E-state index contributed by atoms with van der Waals surface area (Å²) < 4.78 is 5.63. The normalized spacial score (nSPS) is 12.2. The molecule has 1 amide bonds. The summed E-state index contributed by atoms with van der Waals surface area (Å²) in [5.41, 5.74) is 8.29. The smallest absolute Gasteiger partial charge is 0.412 e. The molecule has 0 unspecified atom stereocenters. The summed E-state index contributed by atoms with van der Waals surface area (Å²) in [6, 6.07) is 22.1. The Balaban J connectivity index is 1.38. The van der Waals surface area contributed by atoms with Gasteiger partial charge in [-0.1, -0.05) is 66.7 Å². The largest absolute Gasteiger partial charge is 0.478 e. The Morgan fingerprint density at radius 1 is 0.914 bits per heavy atom. The van der Waals surface area contributed by atoms with E-state index < -0.39 is 12.1 Å². The average Bonchev–Trinajstić information content (AvgIpc) is 3.34. The standard InChI is InChI=1S/C29H25NO4S/c1-16-12-13-19(14-17(16)2)25-18(3)35-27(26(25)28(31)32)30-29(33)34-15-24-22-10-6-4-8-20(22)21-9-5-7-11-23(21)24/h4-14,24H,15H2,1-3H3,(H,30,33)(H,31,32). The molecule has 3 aromatic carbocycles. The lowest BCUT2D eigenvalue weighted by Gasteiger charge is -2.14. The van der Waals surface area contributed by atoms with E-state index in [0.29, 0.717) is 5.56 Å². The van der Waals surface area contributed by atoms with Crippen LogP contribution in [0.2, 0.25) is 0 Å². The van der Waals surface area contributed by atoms with Crippen molar-refractivity contribution < 1.29 is 19.4 Å². The number of carbonyl (C=O) groups excluding carboxylic acids is 1. The van der Waals surface area contributed by atoms with E-state index in [1.165, 1.54) is 11.3 Å². The zero-order chi connectivity index (χ0) is 24.7. The van der Waals surface area contributed by atoms with Gasteiger partial charge in [0.05, 0.1) is 0 Å². The van der Waals surface area contributed by atoms with Gasteiger partial charge in [0, 0.05) is 16.4 Å². The number of ether oxygens (including phenoxy) is 1. The van der Waals surface area contributed by atoms with Gasteiger partial charge < -0.3 is 9.84 Å². The number of aromatic carboxylic acids is 1. The number of anilines is 1. The van der Waals surface area contributed by atoms with Crippen molar-refractivity contribution in [1.29, 1.82) is 0 Å². The molecule has 0 spiro atoms. The lowest BCUT2D eigenvalue weighted by molar-refractivity contribution is 0.0699. The minimum Gasteiger partial charge on any atom is -0.478 e. The monoisotopic (exact) mass is 483 g/mol. The number of aryl methyl sites for hydroxylation is 3. The Labute approximate surface area is 208 Å². The minimum atomic E-state index is -1.09. The summed E-state index contributed by atoms with van der Waals surface area (Å²) >= 11 is 1.25. The molecular weight excluding hydrogens is 458 g/mol. The maximum Gasteiger partial charge on any atom is 0.412 e. The van der Waals surface area contributed by atoms with Gasteiger partial charge in [-0.2, -0.15) is 0 Å². The third kappa shape index (κ3) is 4.10. The van der Waals surface area contributed by atoms with Crippen LogP contribution in [0.1, 0.15) is 43.4 Å². The summed E-state index contributed by atoms with van der Waals surface area (Å²) in [7, 11) is 0. The number of thiophene rings is 1. The molecule has 6 heteroatoms. The van der Waals surface area contributed by atoms with Gasteiger partial charge in [-0.25, -0.2) is 9.59 Å². The molecule has 0 fully saturated rings. The SMILES string of the molecule is Cc1ccc(-c2c(C)sc(NC(=O)OCC3c4ccccc4-c4ccccc43)c2C(=O)O)cc1C. The van der Waals surface area contributed by atoms with E-state index in [4.69, 9.17) is 4.74 Å². The van der Waals surface area contributed by atoms with Gasteiger partial charge in [0.2, 0.25) is 0 Å². The van der Waals surface area contributed by atoms with Crippen molar-refractivity contribution in [3.63, 3.8) is 0 Å². The van der Waals surface area contributed by atoms with E-state index in [2.05, 4.69) is 29.6 Å². The first-order valence-electron chi connectivity index (χ1n) is 11.4. The van der Waals surface area contributed by atoms with Crippen LogP contribution in [0, 0.1) is 20.8 Å². The fourth-order valence-electron chi connectivity index (χ4n) is 4.81. The highest BCUT2D eigenvalue weighted by Crippen LogP contribution is 2.45. The average molecular weight is 484 g/mol. The van der Waals surface area contributed by atoms with Gasteiger partial charge in [-0.05, 0) is 59.7 Å². The number of rotatable bonds is 5. The summed E-state index contributed by atoms with van der Waals surface area (Å²) in [5, 5.41) is 13.0. The molecule has 0 aliphatic heterocycles. The van der Waals surface area contributed by atoms with E-state index in [0.717, 1.165) is 43.8 Å². The predicted molar refractivity (Wildman–Crippen MR) is 140 cm³/mol. The Bertz CT molecular complexity index is 1420. The van der Waals surface area contributed by atoms with Crippen LogP contribution >= 0.6 is 11.3 Å². The molecule has 1 heterocycles. The van der Waals surface area contributed by atoms with Crippen molar-refractivity contribution in [2.24, 2.45) is 0 Å². The predicted octanol–water partition coefficient (Wildman–Crippen LogP) is 7.40. The third-order valence-corrected chi connectivity index (χ3v) is 7.67. The van der Waals surface area contributed by atoms with Crippen LogP contribution in [-0.4, -0.2) is 23.8 Å². The third-order valence-electron chi connectivity index (χ3n) is 6.65. The van der Waals surface area contributed by atoms with Crippen molar-refractivity contribution in [3.8, 4) is 22.3 Å². The summed E-state index contributed by atoms with van der Waals surface area (Å²) in [5.74, 6) is -1.15. The second-order valence-corrected chi connectivity index (χ2v) is 10.0. The summed E-state index contributed by atoms with van der Waals surface area (Å²) in [6.45, 7) is 6.04. The van der Waals surface area contributed by atoms with Crippen LogP contribution < -0.4 is 5.32 Å². The maximum atomic E-state index is 12.8. The number of nitrogens with one attached hydrogen (secondary N) is 1. The quantitative estimate of drug-likeness (QED) is 0.310. The number of hydrogen-bond acceptors (Lipinski definition) is 4. The molecule has 5 rings (SSSR count). The second-order valence-electron chi connectivity index (χ2n) is 8.79. The fraction of sp³-hybridized carbons (Fsp3) is 0.172. The van der Waals surface area contributed by atoms with E-state index in [-0.39, 0.29) is 23.1 Å². The Morgan fingerprint density at radius 2 is 1.54 bits per heavy atom. The first-order valence-corrected chi connectivity index (χ1v) is 12.2. The molecule has 176 valence electrons. The Hall–Kier alpha value is -3.90. The number of fused-ring (bicyclic) bond motifs is 3. The molecule has 0 saturated heterocycles. The molecule has 0 saturated carbocycles. The van der Waals surface area contributed by atoms with Gasteiger partial charge in [0.15, 0.2) is 0 Å². The molecule has 0 bridgehead atoms. The highest BCUT2D eigenvalue weighted by molar-refractivity contribution is 7.17. The second kappa shape index (κ2) is 9.04. The van der Waals surface area contributed by atoms with Crippen LogP contribution in [0.3, 0.4) is 0 Å². The molecular formula is C29H25NO4S. The Kier molecular flexibility index (Phi) is 5.91. The minimum absolute atomic E-state index is 0.0664. The van der Waals surface area contributed by atoms with Crippen molar-refractivity contribution in [2.45, 2.75) is 26.7 Å². The van der Waals surface area contributed by atoms with Crippen LogP contribution in [0.5, 0.6) is 0 Å². The van der Waals surface area contributed by atoms with Gasteiger partial charge in [0.25, 0.3) is 0 Å². The van der Waals surface area contributed by atoms with Crippen molar-refractivity contribution in [1.82, 2.24) is 0 Å². The zero-order valence-corrected chi connectivity index (χ0v) is 20.5. The van der Waals surface area contributed by atoms with E-state index in [1.54, 1.807) is 0 Å². The zero-order valence-electron chi connectivity index (χ0n) is 19.7. The lowest BCUT2D eigenvalue weighted by Crippen LogP contribution is -2.18. The summed E-state index contributed by atoms with van der Waals surface area (Å²) in [6.07, 6.45) is -0.665. The molecule has 1 aromatic heterocycles. The summed E-state index contributed by atoms with van der Waals surface area (Å²) in [4.78, 5) is 25.8. The van der Waals surface area contributed by atoms with Crippen LogP contribution in [-0.2, 0) is 4.74 Å². The van der Waals surface area contributed by atoms with E-state index in [1.807, 2.05) is 63.2 Å². The highest BCUT2D eigenvalue weighted by Gasteiger charge is 2.30. The molecule has 4 aromatic rings. The lowest BCUT2D eigenvalue weighted by atomic mass is 9.97. The molecule has 0 radical (unpaired) electrons. The number of carboxylic acids is 1. The number of carbonyl (C=O) groups is 2. The molecule has 2 N–H and O–H groups in total. The van der Waals surface area contributed by atoms with Crippen LogP contribution in [0.25, 0.3) is 22.3 Å². The first-order chi connectivity index (χ1) is 16.8. The van der Waals surface area contributed by atoms with Gasteiger partial charge >= 0.3 is 12.1 Å². The van der Waals surface area contributed by atoms with E-state index in [9.17, 15) is 14.7 Å². The molecule has 0 atom stereocenters. The molecule has 1 aliphatic carbocycles. The van der Waals surface area contributed by atoms with Gasteiger partial charge in [0.1, 0.15) is 17.2 Å². The van der Waals surface area contributed by atoms with Crippen molar-refractivity contribution in [2.75, 3.05) is 11.9 Å². The maximum absolute atomic E-state index is 12.8.